The summed E-state index contributed by atoms with van der Waals surface area (Å²) in [7, 11) is 10.5. The van der Waals surface area contributed by atoms with Gasteiger partial charge in [-0.2, -0.15) is 0 Å². The van der Waals surface area contributed by atoms with E-state index in [0.29, 0.717) is 17.8 Å². The fraction of sp³-hybridized carbons (Fsp3) is 0.339. The Morgan fingerprint density at radius 1 is 0.316 bits per heavy atom. The third-order valence-electron chi connectivity index (χ3n) is 27.6. The van der Waals surface area contributed by atoms with Crippen LogP contribution in [0.15, 0.2) is 235 Å². The van der Waals surface area contributed by atoms with E-state index in [4.69, 9.17) is 47.0 Å². The van der Waals surface area contributed by atoms with Crippen molar-refractivity contribution >= 4 is 110 Å². The molecule has 0 unspecified atom stereocenters. The first-order valence-electron chi connectivity index (χ1n) is 49.3. The van der Waals surface area contributed by atoms with Crippen molar-refractivity contribution in [3.8, 4) is 56.3 Å². The topological polar surface area (TPSA) is 150 Å². The first-order valence-corrected chi connectivity index (χ1v) is 49.3. The number of rotatable bonds is 15. The van der Waals surface area contributed by atoms with E-state index in [9.17, 15) is 0 Å². The lowest BCUT2D eigenvalue weighted by Gasteiger charge is -2.16. The van der Waals surface area contributed by atoms with Crippen LogP contribution in [0, 0.1) is 46.0 Å². The lowest BCUT2D eigenvalue weighted by atomic mass is 9.90. The quantitative estimate of drug-likeness (QED) is 0.0908. The summed E-state index contributed by atoms with van der Waals surface area (Å²) in [6.07, 6.45) is 22.8. The molecule has 1 aliphatic rings. The maximum absolute atomic E-state index is 6.42. The van der Waals surface area contributed by atoms with Crippen LogP contribution < -0.4 is 22.8 Å². The molecule has 0 aliphatic heterocycles. The van der Waals surface area contributed by atoms with Gasteiger partial charge in [-0.05, 0) is 226 Å². The van der Waals surface area contributed by atoms with E-state index in [0.717, 1.165) is 200 Å². The number of benzene rings is 5. The van der Waals surface area contributed by atoms with Crippen LogP contribution in [0.1, 0.15) is 225 Å². The van der Waals surface area contributed by atoms with Gasteiger partial charge in [0.15, 0.2) is 58.9 Å². The molecule has 20 aromatic rings. The molecule has 15 nitrogen and oxygen atoms in total. The minimum atomic E-state index is -0.00614. The number of nitrogens with zero attached hydrogens (tertiary/aromatic N) is 10. The molecule has 21 rings (SSSR count). The van der Waals surface area contributed by atoms with Gasteiger partial charge in [0, 0.05) is 154 Å². The molecule has 1 aliphatic carbocycles. The van der Waals surface area contributed by atoms with E-state index in [1.54, 1.807) is 0 Å². The number of pyridine rings is 10. The van der Waals surface area contributed by atoms with Crippen LogP contribution in [-0.4, -0.2) is 24.9 Å². The highest BCUT2D eigenvalue weighted by Gasteiger charge is 2.31. The summed E-state index contributed by atoms with van der Waals surface area (Å²) in [5.74, 6) is 1.55. The van der Waals surface area contributed by atoms with Crippen LogP contribution in [-0.2, 0) is 85.6 Å². The molecular weight excluding hydrogens is 1670 g/mol. The molecule has 5 aromatic carbocycles. The molecule has 0 N–H and O–H groups in total. The number of hydrogen-bond acceptors (Lipinski definition) is 10. The zero-order valence-electron chi connectivity index (χ0n) is 84.7. The van der Waals surface area contributed by atoms with E-state index in [1.165, 1.54) is 121 Å². The minimum Gasteiger partial charge on any atom is -0.437 e. The van der Waals surface area contributed by atoms with E-state index >= 15 is 0 Å². The lowest BCUT2D eigenvalue weighted by molar-refractivity contribution is -0.660. The summed E-state index contributed by atoms with van der Waals surface area (Å²) in [5.41, 5.74) is 38.5. The van der Waals surface area contributed by atoms with Crippen LogP contribution in [0.4, 0.5) is 0 Å². The smallest absolute Gasteiger partial charge is 0.227 e. The van der Waals surface area contributed by atoms with Gasteiger partial charge in [0.05, 0.1) is 27.8 Å². The van der Waals surface area contributed by atoms with Crippen molar-refractivity contribution in [2.24, 2.45) is 46.6 Å². The third kappa shape index (κ3) is 19.0. The summed E-state index contributed by atoms with van der Waals surface area (Å²) in [5, 5.41) is 11.1. The van der Waals surface area contributed by atoms with Gasteiger partial charge in [0.2, 0.25) is 57.0 Å². The number of aromatic nitrogens is 10. The van der Waals surface area contributed by atoms with Crippen molar-refractivity contribution < 1.29 is 44.9 Å². The van der Waals surface area contributed by atoms with Crippen LogP contribution >= 0.6 is 0 Å². The van der Waals surface area contributed by atoms with Gasteiger partial charge in [-0.25, -0.2) is 47.8 Å². The predicted octanol–water partition coefficient (Wildman–Crippen LogP) is 28.6. The maximum Gasteiger partial charge on any atom is 0.227 e. The fourth-order valence-electron chi connectivity index (χ4n) is 19.6. The molecule has 694 valence electrons. The normalized spacial score (nSPS) is 12.6. The van der Waals surface area contributed by atoms with Crippen molar-refractivity contribution in [1.29, 1.82) is 0 Å². The van der Waals surface area contributed by atoms with Crippen molar-refractivity contribution in [2.75, 3.05) is 0 Å². The van der Waals surface area contributed by atoms with Gasteiger partial charge in [0.25, 0.3) is 0 Å². The summed E-state index contributed by atoms with van der Waals surface area (Å²) >= 11 is 0. The van der Waals surface area contributed by atoms with E-state index in [-0.39, 0.29) is 10.8 Å². The molecule has 15 heterocycles. The average Bonchev–Trinajstić information content (AvgIpc) is 1.61. The summed E-state index contributed by atoms with van der Waals surface area (Å²) in [4.78, 5) is 24.2. The number of hydrogen-bond donors (Lipinski definition) is 0. The van der Waals surface area contributed by atoms with Crippen molar-refractivity contribution in [3.63, 3.8) is 0 Å². The Bertz CT molecular complexity index is 7940. The van der Waals surface area contributed by atoms with Gasteiger partial charge >= 0.3 is 0 Å². The van der Waals surface area contributed by atoms with Crippen LogP contribution in [0.3, 0.4) is 0 Å². The molecule has 0 radical (unpaired) electrons. The Morgan fingerprint density at radius 2 is 0.596 bits per heavy atom. The van der Waals surface area contributed by atoms with Gasteiger partial charge in [-0.3, -0.25) is 0 Å². The summed E-state index contributed by atoms with van der Waals surface area (Å²) < 4.78 is 42.7. The van der Waals surface area contributed by atoms with Crippen LogP contribution in [0.25, 0.3) is 167 Å². The highest BCUT2D eigenvalue weighted by molar-refractivity contribution is 6.13. The first-order chi connectivity index (χ1) is 65.2. The SMILES string of the molecule is CCc1cc[n+](C)c(-c2c(C)ccc3c2oc2nc(C(C)(C)C)ccc23)c1.CCc1cc[n+](C)c(-c2c(C)ccc3c2oc2nc(C(C)C)ccc23)c1.CCc1cc[n+](C)c(-c2c(C)ccc3c2oc2nc(C4CCCC4)ccc23)c1.CCc1cc[n+](C)c(-c2c(C)ccc3c2oc2nc(CC(C)(C)C)ccc23)c1.CCc1cc[n+](C)c(-c2c(C)ccc3c2oc2nc(CC(C)C)ccc23)c1. The number of furan rings is 5. The molecule has 0 bridgehead atoms. The molecule has 0 saturated heterocycles. The molecule has 0 amide bonds. The Hall–Kier alpha value is -13.4. The predicted molar refractivity (Wildman–Crippen MR) is 557 cm³/mol. The molecule has 1 fully saturated rings. The standard InChI is InChI=1S/C25H27N2O.C25H29N2O.2C24H27N2O.C23H25N2O/c1-4-17-13-14-27(3)22(15-17)23-16(2)9-10-19-20-11-12-21(18-7-5-6-8-18)26-25(20)28-24(19)23;1-7-17-12-13-27(6)21(14-17)22-16(2)8-10-19-20-11-9-18(15-25(3,4)5)26-24(20)28-23(19)22;1-7-16-12-13-26(6)19(14-16)21-15(2)8-9-17-18-10-11-20(24(3,4)5)25-23(18)27-22(17)21;1-6-17-11-12-26(5)21(14-17)22-16(4)7-9-19-20-10-8-18(13-15(2)3)25-24(20)27-23(19)22;1-6-16-11-12-25(5)20(13-16)21-15(4)7-8-17-18-9-10-19(14(2)3)24-23(18)26-22(17)21/h9-15,18H,4-8H2,1-3H3;8-14H,7,15H2,1-6H3;8-14H,7H2,1-6H3;7-12,14-15H,6,13H2,1-5H3;7-14H,6H2,1-5H3/q5*+1. The Morgan fingerprint density at radius 3 is 0.904 bits per heavy atom. The molecule has 0 spiro atoms. The average molecular weight is 1810 g/mol. The van der Waals surface area contributed by atoms with E-state index in [1.807, 2.05) is 0 Å². The fourth-order valence-corrected chi connectivity index (χ4v) is 19.6. The Kier molecular flexibility index (Phi) is 26.9. The van der Waals surface area contributed by atoms with E-state index in [2.05, 4.69) is 410 Å². The monoisotopic (exact) mass is 1810 g/mol. The van der Waals surface area contributed by atoms with Crippen molar-refractivity contribution in [2.45, 2.75) is 226 Å². The summed E-state index contributed by atoms with van der Waals surface area (Å²) in [6.45, 7) is 43.7. The van der Waals surface area contributed by atoms with Crippen molar-refractivity contribution in [3.05, 3.63) is 297 Å². The largest absolute Gasteiger partial charge is 0.437 e. The van der Waals surface area contributed by atoms with Gasteiger partial charge in [-0.15, -0.1) is 0 Å². The summed E-state index contributed by atoms with van der Waals surface area (Å²) in [6, 6.07) is 65.6. The molecule has 0 atom stereocenters. The maximum atomic E-state index is 6.42. The zero-order valence-corrected chi connectivity index (χ0v) is 84.7. The molecular formula is C121H135N10O5+5. The van der Waals surface area contributed by atoms with Gasteiger partial charge in [0.1, 0.15) is 35.2 Å². The van der Waals surface area contributed by atoms with E-state index < -0.39 is 0 Å². The second-order valence-electron chi connectivity index (χ2n) is 40.9. The highest BCUT2D eigenvalue weighted by atomic mass is 16.4. The Labute approximate surface area is 801 Å². The van der Waals surface area contributed by atoms with Gasteiger partial charge < -0.3 is 22.1 Å². The second-order valence-corrected chi connectivity index (χ2v) is 40.9. The number of aryl methyl sites for hydroxylation is 15. The second kappa shape index (κ2) is 38.8. The van der Waals surface area contributed by atoms with Crippen molar-refractivity contribution in [1.82, 2.24) is 24.9 Å². The number of fused-ring (bicyclic) bond motifs is 15. The lowest BCUT2D eigenvalue weighted by Crippen LogP contribution is -2.30. The van der Waals surface area contributed by atoms with Gasteiger partial charge in [-0.1, -0.05) is 177 Å². The third-order valence-corrected chi connectivity index (χ3v) is 27.6. The molecule has 15 aromatic heterocycles. The molecule has 136 heavy (non-hydrogen) atoms. The van der Waals surface area contributed by atoms with Crippen LogP contribution in [0.2, 0.25) is 0 Å². The zero-order chi connectivity index (χ0) is 96.2. The highest BCUT2D eigenvalue weighted by Crippen LogP contribution is 2.45. The Balaban J connectivity index is 0.000000118. The molecule has 1 saturated carbocycles. The van der Waals surface area contributed by atoms with Crippen LogP contribution in [0.5, 0.6) is 0 Å². The minimum absolute atomic E-state index is 0.00614. The first kappa shape index (κ1) is 94.4. The molecule has 15 heteroatoms.